The summed E-state index contributed by atoms with van der Waals surface area (Å²) in [4.78, 5) is 16.6. The molecule has 15 heteroatoms. The Morgan fingerprint density at radius 2 is 1.53 bits per heavy atom. The summed E-state index contributed by atoms with van der Waals surface area (Å²) in [6.45, 7) is 0. The molecule has 1 aromatic heterocycles. The Bertz CT molecular complexity index is 1350. The van der Waals surface area contributed by atoms with Crippen LogP contribution in [0.4, 0.5) is 26.3 Å². The molecule has 6 nitrogen and oxygen atoms in total. The molecule has 3 aromatic rings. The Hall–Kier alpha value is -2.77. The monoisotopic (exact) mass is 545 g/mol. The van der Waals surface area contributed by atoms with Crippen molar-refractivity contribution in [2.75, 3.05) is 6.26 Å². The summed E-state index contributed by atoms with van der Waals surface area (Å²) in [6, 6.07) is 3.99. The molecule has 0 unspecified atom stereocenters. The summed E-state index contributed by atoms with van der Waals surface area (Å²) in [5, 5.41) is 0.0439. The first kappa shape index (κ1) is 25.8. The van der Waals surface area contributed by atoms with Crippen LogP contribution in [0.15, 0.2) is 36.4 Å². The number of benzene rings is 2. The molecule has 0 amide bonds. The number of carbonyl (C=O) groups excluding carboxylic acids is 1. The Kier molecular flexibility index (Phi) is 6.68. The van der Waals surface area contributed by atoms with Crippen LogP contribution in [0.5, 0.6) is 5.88 Å². The number of carbonyl (C=O) groups is 1. The highest BCUT2D eigenvalue weighted by atomic mass is 35.5. The number of halogens is 8. The maximum absolute atomic E-state index is 13.2. The number of imidazole rings is 1. The van der Waals surface area contributed by atoms with E-state index in [9.17, 15) is 39.6 Å². The number of nitrogens with zero attached hydrogens (tertiary/aromatic N) is 2. The summed E-state index contributed by atoms with van der Waals surface area (Å²) in [7, 11) is -4.18. The molecule has 1 radical (unpaired) electrons. The van der Waals surface area contributed by atoms with Crippen molar-refractivity contribution in [2.24, 2.45) is 0 Å². The third-order valence-corrected chi connectivity index (χ3v) is 5.27. The first-order valence-electron chi connectivity index (χ1n) is 8.67. The Morgan fingerprint density at radius 3 is 2.00 bits per heavy atom. The van der Waals surface area contributed by atoms with E-state index in [-0.39, 0.29) is 33.9 Å². The second kappa shape index (κ2) is 8.78. The molecule has 0 bridgehead atoms. The van der Waals surface area contributed by atoms with Gasteiger partial charge >= 0.3 is 22.5 Å². The standard InChI is InChI=1S/C19H9Cl2F6N2O4S/c1-34(31,32)33-15-8-29(12-2-3-13(20)14(21)7-12)17(28-15)16(30)9-4-10(18(22,23)24)6-11(5-9)19(25,26)27/h2-7H,1H3. The fourth-order valence-electron chi connectivity index (χ4n) is 2.68. The molecule has 0 aliphatic rings. The lowest BCUT2D eigenvalue weighted by Gasteiger charge is -2.14. The summed E-state index contributed by atoms with van der Waals surface area (Å²) < 4.78 is 107. The van der Waals surface area contributed by atoms with Crippen molar-refractivity contribution in [3.8, 4) is 11.6 Å². The molecule has 34 heavy (non-hydrogen) atoms. The van der Waals surface area contributed by atoms with E-state index in [0.29, 0.717) is 6.26 Å². The third-order valence-electron chi connectivity index (χ3n) is 4.07. The quantitative estimate of drug-likeness (QED) is 0.237. The largest absolute Gasteiger partial charge is 0.416 e. The van der Waals surface area contributed by atoms with Crippen molar-refractivity contribution in [3.05, 3.63) is 75.2 Å². The van der Waals surface area contributed by atoms with Crippen LogP contribution in [0.1, 0.15) is 27.3 Å². The zero-order chi connectivity index (χ0) is 25.6. The highest BCUT2D eigenvalue weighted by Crippen LogP contribution is 2.37. The molecular formula is C19H9Cl2F6N2O4S. The second-order valence-corrected chi connectivity index (χ2v) is 9.09. The van der Waals surface area contributed by atoms with Crippen LogP contribution in [-0.2, 0) is 22.5 Å². The van der Waals surface area contributed by atoms with Gasteiger partial charge in [-0.1, -0.05) is 23.2 Å². The minimum atomic E-state index is -5.20. The van der Waals surface area contributed by atoms with E-state index < -0.39 is 56.6 Å². The molecule has 181 valence electrons. The van der Waals surface area contributed by atoms with Gasteiger partial charge in [0.1, 0.15) is 6.20 Å². The maximum Gasteiger partial charge on any atom is 0.416 e. The third kappa shape index (κ3) is 5.83. The topological polar surface area (TPSA) is 78.3 Å². The van der Waals surface area contributed by atoms with Crippen LogP contribution in [0.2, 0.25) is 10.0 Å². The summed E-state index contributed by atoms with van der Waals surface area (Å²) in [5.41, 5.74) is -4.49. The molecule has 0 saturated heterocycles. The Balaban J connectivity index is 2.24. The SMILES string of the molecule is CS(=O)(=O)Oc1[c]n(-c2ccc(Cl)c(Cl)c2)c(C(=O)c2cc(C(F)(F)F)cc(C(F)(F)F)c2)n1. The highest BCUT2D eigenvalue weighted by molar-refractivity contribution is 7.86. The molecule has 0 fully saturated rings. The minimum Gasteiger partial charge on any atom is -0.359 e. The maximum atomic E-state index is 13.2. The zero-order valence-corrected chi connectivity index (χ0v) is 18.8. The van der Waals surface area contributed by atoms with Crippen LogP contribution in [0.3, 0.4) is 0 Å². The number of hydrogen-bond donors (Lipinski definition) is 0. The molecule has 3 rings (SSSR count). The zero-order valence-electron chi connectivity index (χ0n) is 16.4. The molecule has 0 aliphatic carbocycles. The average Bonchev–Trinajstić information content (AvgIpc) is 3.09. The van der Waals surface area contributed by atoms with E-state index in [1.165, 1.54) is 18.2 Å². The van der Waals surface area contributed by atoms with E-state index in [1.54, 1.807) is 0 Å². The predicted molar refractivity (Wildman–Crippen MR) is 108 cm³/mol. The Morgan fingerprint density at radius 1 is 0.971 bits per heavy atom. The van der Waals surface area contributed by atoms with Gasteiger partial charge in [-0.25, -0.2) is 0 Å². The second-order valence-electron chi connectivity index (χ2n) is 6.70. The molecule has 0 atom stereocenters. The molecule has 0 spiro atoms. The van der Waals surface area contributed by atoms with Crippen molar-refractivity contribution in [1.82, 2.24) is 9.55 Å². The molecule has 2 aromatic carbocycles. The summed E-state index contributed by atoms with van der Waals surface area (Å²) >= 11 is 11.8. The normalized spacial score (nSPS) is 12.6. The number of alkyl halides is 6. The van der Waals surface area contributed by atoms with Gasteiger partial charge in [0.05, 0.1) is 27.4 Å². The highest BCUT2D eigenvalue weighted by Gasteiger charge is 2.38. The lowest BCUT2D eigenvalue weighted by atomic mass is 10.0. The lowest BCUT2D eigenvalue weighted by molar-refractivity contribution is -0.143. The average molecular weight is 546 g/mol. The van der Waals surface area contributed by atoms with Gasteiger partial charge in [-0.2, -0.15) is 39.7 Å². The van der Waals surface area contributed by atoms with Crippen molar-refractivity contribution >= 4 is 39.1 Å². The van der Waals surface area contributed by atoms with Crippen LogP contribution < -0.4 is 4.18 Å². The van der Waals surface area contributed by atoms with Gasteiger partial charge in [-0.05, 0) is 36.4 Å². The van der Waals surface area contributed by atoms with Gasteiger partial charge in [-0.15, -0.1) is 0 Å². The molecule has 1 heterocycles. The fourth-order valence-corrected chi connectivity index (χ4v) is 3.33. The van der Waals surface area contributed by atoms with Gasteiger partial charge in [0.2, 0.25) is 5.78 Å². The van der Waals surface area contributed by atoms with Crippen molar-refractivity contribution < 1.29 is 43.7 Å². The Labute approximate surface area is 197 Å². The number of rotatable bonds is 5. The van der Waals surface area contributed by atoms with Crippen LogP contribution in [-0.4, -0.2) is 30.0 Å². The van der Waals surface area contributed by atoms with Gasteiger partial charge in [0, 0.05) is 11.3 Å². The molecule has 0 saturated carbocycles. The van der Waals surface area contributed by atoms with Gasteiger partial charge in [-0.3, -0.25) is 9.36 Å². The minimum absolute atomic E-state index is 0.0170. The van der Waals surface area contributed by atoms with E-state index >= 15 is 0 Å². The summed E-state index contributed by atoms with van der Waals surface area (Å²) in [6.07, 6.45) is -7.48. The summed E-state index contributed by atoms with van der Waals surface area (Å²) in [5.74, 6) is -3.01. The van der Waals surface area contributed by atoms with Crippen LogP contribution in [0.25, 0.3) is 5.69 Å². The van der Waals surface area contributed by atoms with Crippen molar-refractivity contribution in [3.63, 3.8) is 0 Å². The van der Waals surface area contributed by atoms with Gasteiger partial charge in [0.15, 0.2) is 5.82 Å². The predicted octanol–water partition coefficient (Wildman–Crippen LogP) is 5.59. The molecular weight excluding hydrogens is 537 g/mol. The first-order valence-corrected chi connectivity index (χ1v) is 11.2. The van der Waals surface area contributed by atoms with E-state index in [1.807, 2.05) is 0 Å². The van der Waals surface area contributed by atoms with Crippen LogP contribution in [0, 0.1) is 6.20 Å². The number of ketones is 1. The number of hydrogen-bond acceptors (Lipinski definition) is 5. The van der Waals surface area contributed by atoms with Gasteiger partial charge < -0.3 is 4.18 Å². The lowest BCUT2D eigenvalue weighted by Crippen LogP contribution is -2.16. The smallest absolute Gasteiger partial charge is 0.359 e. The van der Waals surface area contributed by atoms with E-state index in [0.717, 1.165) is 4.57 Å². The van der Waals surface area contributed by atoms with Gasteiger partial charge in [0.25, 0.3) is 5.88 Å². The molecule has 0 aliphatic heterocycles. The molecule has 0 N–H and O–H groups in total. The van der Waals surface area contributed by atoms with Crippen molar-refractivity contribution in [2.45, 2.75) is 12.4 Å². The number of aromatic nitrogens is 2. The van der Waals surface area contributed by atoms with Crippen LogP contribution >= 0.6 is 23.2 Å². The van der Waals surface area contributed by atoms with Crippen molar-refractivity contribution in [1.29, 1.82) is 0 Å². The first-order chi connectivity index (χ1) is 15.5. The fraction of sp³-hybridized carbons (Fsp3) is 0.158. The van der Waals surface area contributed by atoms with E-state index in [4.69, 9.17) is 23.2 Å². The van der Waals surface area contributed by atoms with E-state index in [2.05, 4.69) is 15.4 Å².